The molecule has 2 aromatic rings. The minimum atomic E-state index is -0.640. The first-order valence-electron chi connectivity index (χ1n) is 10.9. The lowest BCUT2D eigenvalue weighted by atomic mass is 9.84. The van der Waals surface area contributed by atoms with Crippen molar-refractivity contribution in [2.24, 2.45) is 17.8 Å². The number of carbonyl (C=O) groups is 2. The zero-order valence-electron chi connectivity index (χ0n) is 19.0. The second-order valence-corrected chi connectivity index (χ2v) is 10.8. The Morgan fingerprint density at radius 2 is 1.97 bits per heavy atom. The van der Waals surface area contributed by atoms with E-state index in [-0.39, 0.29) is 136 Å². The van der Waals surface area contributed by atoms with Gasteiger partial charge in [-0.15, -0.1) is 11.3 Å². The van der Waals surface area contributed by atoms with Gasteiger partial charge in [-0.1, -0.05) is 26.0 Å². The van der Waals surface area contributed by atoms with Gasteiger partial charge in [-0.3, -0.25) is 14.5 Å². The number of ether oxygens (including phenoxy) is 1. The lowest BCUT2D eigenvalue weighted by Crippen LogP contribution is -2.52. The quantitative estimate of drug-likeness (QED) is 0.323. The number of Topliss-reactive ketones (excluding diaryl/α,β-unsaturated/α-hetero) is 1. The average molecular weight is 595 g/mol. The van der Waals surface area contributed by atoms with E-state index in [0.29, 0.717) is 35.4 Å². The third-order valence-electron chi connectivity index (χ3n) is 7.11. The standard InChI is InChI=1S/C25H30FNO3S.75H2/c1-13-8-7-9-18(26)21(13)23(24(29)22-14(2)15(22)3)27-12-17-10-20(30-16(4)28)31-19(17)11-25(27,5)6;;;;;;;;;;;;;;;;;;;;;;;;;;;;;;;;;;;;;;;;;;;;;;;;;;;;;;;;;;;;;;;;;;;;;;;;;;;/h7-10,14-15,22-23H,11-12H2,1-6H3;75*1H. The highest BCUT2D eigenvalue weighted by atomic mass is 32.1. The van der Waals surface area contributed by atoms with Crippen molar-refractivity contribution in [3.8, 4) is 5.06 Å². The Morgan fingerprint density at radius 3 is 2.55 bits per heavy atom. The maximum absolute atomic E-state index is 15.2. The smallest absolute Gasteiger partial charge is 0.308 e. The molecule has 0 saturated heterocycles. The number of nitrogens with zero attached hydrogens (tertiary/aromatic N) is 1. The van der Waals surface area contributed by atoms with E-state index in [1.54, 1.807) is 6.07 Å². The summed E-state index contributed by atoms with van der Waals surface area (Å²) in [6.45, 7) is 12.2. The van der Waals surface area contributed by atoms with Crippen molar-refractivity contribution in [3.63, 3.8) is 0 Å². The van der Waals surface area contributed by atoms with E-state index in [1.807, 2.05) is 19.1 Å². The van der Waals surface area contributed by atoms with Gasteiger partial charge in [-0.25, -0.2) is 4.39 Å². The number of esters is 1. The molecule has 6 heteroatoms. The molecule has 1 aromatic heterocycles. The molecule has 1 aliphatic carbocycles. The normalized spacial score (nSPS) is 25.6. The van der Waals surface area contributed by atoms with Crippen LogP contribution in [0.5, 0.6) is 5.06 Å². The molecule has 1 saturated carbocycles. The van der Waals surface area contributed by atoms with Gasteiger partial charge in [0, 0.05) is 149 Å². The zero-order chi connectivity index (χ0) is 22.7. The van der Waals surface area contributed by atoms with Crippen molar-refractivity contribution in [1.29, 1.82) is 0 Å². The summed E-state index contributed by atoms with van der Waals surface area (Å²) in [4.78, 5) is 28.5. The van der Waals surface area contributed by atoms with Crippen LogP contribution < -0.4 is 4.74 Å². The van der Waals surface area contributed by atoms with Gasteiger partial charge in [0.25, 0.3) is 0 Å². The van der Waals surface area contributed by atoms with Crippen molar-refractivity contribution in [2.75, 3.05) is 0 Å². The summed E-state index contributed by atoms with van der Waals surface area (Å²) in [5.74, 6) is 0.0400. The van der Waals surface area contributed by atoms with Crippen LogP contribution in [0.15, 0.2) is 24.3 Å². The number of thiophene rings is 1. The minimum absolute atomic E-state index is 0. The molecule has 4 nitrogen and oxygen atoms in total. The maximum atomic E-state index is 15.2. The van der Waals surface area contributed by atoms with Gasteiger partial charge in [0.2, 0.25) is 0 Å². The summed E-state index contributed by atoms with van der Waals surface area (Å²) in [6.07, 6.45) is 0.710. The second kappa shape index (κ2) is 7.82. The lowest BCUT2D eigenvalue weighted by Gasteiger charge is -2.46. The third kappa shape index (κ3) is 3.96. The number of rotatable bonds is 5. The summed E-state index contributed by atoms with van der Waals surface area (Å²) in [7, 11) is 0. The van der Waals surface area contributed by atoms with Gasteiger partial charge in [-0.2, -0.15) is 0 Å². The van der Waals surface area contributed by atoms with Crippen molar-refractivity contribution < 1.29 is 126 Å². The summed E-state index contributed by atoms with van der Waals surface area (Å²) >= 11 is 1.48. The van der Waals surface area contributed by atoms with Crippen LogP contribution in [0.4, 0.5) is 4.39 Å². The summed E-state index contributed by atoms with van der Waals surface area (Å²) in [6, 6.07) is 6.28. The van der Waals surface area contributed by atoms with Gasteiger partial charge in [0.05, 0.1) is 6.04 Å². The lowest BCUT2D eigenvalue weighted by molar-refractivity contribution is -0.131. The van der Waals surface area contributed by atoms with Crippen LogP contribution in [0.3, 0.4) is 0 Å². The number of fused-ring (bicyclic) bond motifs is 1. The van der Waals surface area contributed by atoms with E-state index in [1.165, 1.54) is 24.3 Å². The van der Waals surface area contributed by atoms with E-state index in [9.17, 15) is 9.59 Å². The fourth-order valence-electron chi connectivity index (χ4n) is 5.05. The van der Waals surface area contributed by atoms with Gasteiger partial charge >= 0.3 is 5.97 Å². The molecule has 0 radical (unpaired) electrons. The van der Waals surface area contributed by atoms with Gasteiger partial charge in [0.1, 0.15) is 5.82 Å². The van der Waals surface area contributed by atoms with E-state index in [2.05, 4.69) is 32.6 Å². The molecule has 1 fully saturated rings. The van der Waals surface area contributed by atoms with Crippen LogP contribution in [0.2, 0.25) is 0 Å². The molecule has 316 valence electrons. The van der Waals surface area contributed by atoms with E-state index in [4.69, 9.17) is 4.74 Å². The third-order valence-corrected chi connectivity index (χ3v) is 8.16. The Balaban J connectivity index is -0.00000000220. The van der Waals surface area contributed by atoms with Gasteiger partial charge in [-0.05, 0) is 55.9 Å². The van der Waals surface area contributed by atoms with Gasteiger partial charge < -0.3 is 4.74 Å². The number of aryl methyl sites for hydroxylation is 1. The van der Waals surface area contributed by atoms with Crippen molar-refractivity contribution in [2.45, 2.75) is 66.1 Å². The number of benzene rings is 1. The predicted molar refractivity (Wildman–Crippen MR) is 278 cm³/mol. The molecule has 4 rings (SSSR count). The molecule has 31 heavy (non-hydrogen) atoms. The molecule has 3 atom stereocenters. The molecule has 0 spiro atoms. The van der Waals surface area contributed by atoms with Crippen LogP contribution in [-0.2, 0) is 22.6 Å². The molecular weight excluding hydrogens is 413 g/mol. The van der Waals surface area contributed by atoms with Crippen LogP contribution in [0.25, 0.3) is 0 Å². The first kappa shape index (κ1) is 22.2. The highest BCUT2D eigenvalue weighted by molar-refractivity contribution is 7.14. The fourth-order valence-corrected chi connectivity index (χ4v) is 6.34. The van der Waals surface area contributed by atoms with Crippen LogP contribution in [0, 0.1) is 30.5 Å². The van der Waals surface area contributed by atoms with Crippen LogP contribution in [0.1, 0.15) is 169 Å². The number of halogens is 1. The van der Waals surface area contributed by atoms with Crippen molar-refractivity contribution in [1.82, 2.24) is 4.90 Å². The fraction of sp³-hybridized carbons (Fsp3) is 0.520. The predicted octanol–water partition coefficient (Wildman–Crippen LogP) is 23.9. The maximum Gasteiger partial charge on any atom is 0.308 e. The Hall–Kier alpha value is -2.05. The molecular formula is C25H180FNO3S. The molecule has 0 bridgehead atoms. The monoisotopic (exact) mass is 594 g/mol. The van der Waals surface area contributed by atoms with Crippen LogP contribution in [-0.4, -0.2) is 22.2 Å². The number of ketones is 1. The largest absolute Gasteiger partial charge is 0.416 e. The van der Waals surface area contributed by atoms with E-state index >= 15 is 4.39 Å². The molecule has 3 unspecified atom stereocenters. The first-order chi connectivity index (χ1) is 14.5. The molecule has 1 aromatic carbocycles. The Kier molecular flexibility index (Phi) is 5.59. The zero-order valence-corrected chi connectivity index (χ0v) is 19.8. The van der Waals surface area contributed by atoms with Crippen molar-refractivity contribution in [3.05, 3.63) is 51.7 Å². The highest BCUT2D eigenvalue weighted by Gasteiger charge is 2.53. The van der Waals surface area contributed by atoms with E-state index < -0.39 is 6.04 Å². The highest BCUT2D eigenvalue weighted by Crippen LogP contribution is 2.51. The van der Waals surface area contributed by atoms with Crippen LogP contribution >= 0.6 is 11.3 Å². The Bertz CT molecular complexity index is 1110. The molecule has 2 heterocycles. The summed E-state index contributed by atoms with van der Waals surface area (Å²) in [5.41, 5.74) is 1.98. The van der Waals surface area contributed by atoms with Gasteiger partial charge in [0.15, 0.2) is 10.8 Å². The number of hydrogen-bond acceptors (Lipinski definition) is 5. The number of carbonyl (C=O) groups excluding carboxylic acids is 2. The molecule has 0 amide bonds. The average Bonchev–Trinajstić information content (AvgIpc) is 3.07. The minimum Gasteiger partial charge on any atom is -0.416 e. The first-order valence-corrected chi connectivity index (χ1v) is 11.7. The summed E-state index contributed by atoms with van der Waals surface area (Å²) < 4.78 is 20.5. The van der Waals surface area contributed by atoms with Crippen molar-refractivity contribution >= 4 is 23.1 Å². The SMILES string of the molecule is CC(=O)Oc1cc2c(s1)CC(C)(C)N(C(C(=O)C1C(C)C1C)c1c(C)cccc1F)C2.[HH].[HH].[HH].[HH].[HH].[HH].[HH].[HH].[HH].[HH].[HH].[HH].[HH].[HH].[HH].[HH].[HH].[HH].[HH].[HH].[HH].[HH].[HH].[HH].[HH].[HH].[HH].[HH].[HH].[HH].[HH].[HH].[HH].[HH].[HH].[HH].[HH].[HH].[HH].[HH].[HH].[HH].[HH].[HH].[HH].[HH].[HH].[HH].[HH].[HH].[HH].[HH].[HH].[HH].[HH].[HH].[HH].[HH].[HH].[HH].[HH].[HH].[HH].[HH].[HH].[HH].[HH].[HH].[HH].[HH].[HH].[HH].[HH].[HH].[HH]. The van der Waals surface area contributed by atoms with E-state index in [0.717, 1.165) is 16.0 Å². The second-order valence-electron chi connectivity index (χ2n) is 9.74. The Labute approximate surface area is 298 Å². The molecule has 2 aliphatic rings. The molecule has 1 aliphatic heterocycles. The topological polar surface area (TPSA) is 46.6 Å². The summed E-state index contributed by atoms with van der Waals surface area (Å²) in [5, 5.41) is 0.574. The number of hydrogen-bond donors (Lipinski definition) is 0. The Morgan fingerprint density at radius 1 is 1.29 bits per heavy atom. The molecule has 0 N–H and O–H groups in total.